The first kappa shape index (κ1) is 17.6. The third-order valence-corrected chi connectivity index (χ3v) is 5.52. The van der Waals surface area contributed by atoms with E-state index < -0.39 is 0 Å². The fourth-order valence-corrected chi connectivity index (χ4v) is 4.22. The van der Waals surface area contributed by atoms with Crippen LogP contribution >= 0.6 is 0 Å². The predicted molar refractivity (Wildman–Crippen MR) is 101 cm³/mol. The highest BCUT2D eigenvalue weighted by Gasteiger charge is 2.50. The number of piperazine rings is 1. The number of pyridine rings is 2. The van der Waals surface area contributed by atoms with E-state index in [4.69, 9.17) is 0 Å². The van der Waals surface area contributed by atoms with Crippen LogP contribution in [0.3, 0.4) is 0 Å². The van der Waals surface area contributed by atoms with Crippen molar-refractivity contribution in [3.63, 3.8) is 0 Å². The summed E-state index contributed by atoms with van der Waals surface area (Å²) in [5.74, 6) is -0.101. The largest absolute Gasteiger partial charge is 0.325 e. The van der Waals surface area contributed by atoms with Crippen molar-refractivity contribution in [2.45, 2.75) is 25.4 Å². The van der Waals surface area contributed by atoms with E-state index in [2.05, 4.69) is 14.9 Å². The number of nitrogens with zero attached hydrogens (tertiary/aromatic N) is 5. The average molecular weight is 365 g/mol. The minimum atomic E-state index is -0.359. The van der Waals surface area contributed by atoms with E-state index in [1.165, 1.54) is 5.56 Å². The molecule has 0 saturated carbocycles. The van der Waals surface area contributed by atoms with Crippen molar-refractivity contribution in [2.24, 2.45) is 0 Å². The Labute approximate surface area is 158 Å². The van der Waals surface area contributed by atoms with Gasteiger partial charge in [-0.2, -0.15) is 0 Å². The van der Waals surface area contributed by atoms with Crippen molar-refractivity contribution in [3.05, 3.63) is 54.6 Å². The molecule has 27 heavy (non-hydrogen) atoms. The van der Waals surface area contributed by atoms with E-state index >= 15 is 0 Å². The molecular weight excluding hydrogens is 342 g/mol. The smallest absolute Gasteiger partial charge is 0.246 e. The first-order chi connectivity index (χ1) is 13.1. The second kappa shape index (κ2) is 7.08. The monoisotopic (exact) mass is 365 g/mol. The minimum Gasteiger partial charge on any atom is -0.325 e. The summed E-state index contributed by atoms with van der Waals surface area (Å²) in [6, 6.07) is 7.75. The standard InChI is InChI=1S/C20H23N5O2/c1-16(26)25-13-19(27)24(18-3-2-7-22-11-18)15-20(25)6-10-23(14-20)12-17-4-8-21-9-5-17/h2-5,7-9,11H,6,10,12-15H2,1H3/t20-/m0/s1. The summed E-state index contributed by atoms with van der Waals surface area (Å²) in [7, 11) is 0. The average Bonchev–Trinajstić information content (AvgIpc) is 3.07. The Kier molecular flexibility index (Phi) is 4.61. The first-order valence-electron chi connectivity index (χ1n) is 9.17. The van der Waals surface area contributed by atoms with Crippen molar-refractivity contribution in [1.29, 1.82) is 0 Å². The molecule has 7 heteroatoms. The van der Waals surface area contributed by atoms with Gasteiger partial charge in [-0.3, -0.25) is 24.5 Å². The number of aromatic nitrogens is 2. The number of carbonyl (C=O) groups is 2. The molecule has 0 unspecified atom stereocenters. The molecule has 0 radical (unpaired) electrons. The Morgan fingerprint density at radius 1 is 1.15 bits per heavy atom. The van der Waals surface area contributed by atoms with Gasteiger partial charge in [0.2, 0.25) is 11.8 Å². The molecule has 2 aromatic rings. The third kappa shape index (κ3) is 3.42. The number of hydrogen-bond donors (Lipinski definition) is 0. The summed E-state index contributed by atoms with van der Waals surface area (Å²) in [6.45, 7) is 4.63. The number of amides is 2. The van der Waals surface area contributed by atoms with Gasteiger partial charge in [0.15, 0.2) is 0 Å². The lowest BCUT2D eigenvalue weighted by Gasteiger charge is -2.48. The van der Waals surface area contributed by atoms with Gasteiger partial charge >= 0.3 is 0 Å². The molecule has 2 saturated heterocycles. The third-order valence-electron chi connectivity index (χ3n) is 5.52. The van der Waals surface area contributed by atoms with Crippen LogP contribution in [0, 0.1) is 0 Å². The fraction of sp³-hybridized carbons (Fsp3) is 0.400. The van der Waals surface area contributed by atoms with Gasteiger partial charge in [0.05, 0.1) is 24.0 Å². The second-order valence-corrected chi connectivity index (χ2v) is 7.34. The summed E-state index contributed by atoms with van der Waals surface area (Å²) in [4.78, 5) is 39.2. The van der Waals surface area contributed by atoms with E-state index in [0.29, 0.717) is 6.54 Å². The van der Waals surface area contributed by atoms with Crippen molar-refractivity contribution < 1.29 is 9.59 Å². The Hall–Kier alpha value is -2.80. The summed E-state index contributed by atoms with van der Waals surface area (Å²) in [5, 5.41) is 0. The molecule has 1 spiro atoms. The molecule has 2 aromatic heterocycles. The highest BCUT2D eigenvalue weighted by atomic mass is 16.2. The Balaban J connectivity index is 1.58. The molecule has 0 aliphatic carbocycles. The zero-order valence-corrected chi connectivity index (χ0v) is 15.4. The van der Waals surface area contributed by atoms with Crippen LogP contribution in [0.4, 0.5) is 5.69 Å². The lowest BCUT2D eigenvalue weighted by Crippen LogP contribution is -2.66. The minimum absolute atomic E-state index is 0.0417. The molecule has 140 valence electrons. The zero-order chi connectivity index (χ0) is 18.9. The number of anilines is 1. The maximum absolute atomic E-state index is 12.7. The lowest BCUT2D eigenvalue weighted by molar-refractivity contribution is -0.142. The predicted octanol–water partition coefficient (Wildman–Crippen LogP) is 1.32. The first-order valence-corrected chi connectivity index (χ1v) is 9.17. The Morgan fingerprint density at radius 2 is 1.96 bits per heavy atom. The van der Waals surface area contributed by atoms with E-state index in [1.807, 2.05) is 24.3 Å². The molecule has 0 N–H and O–H groups in total. The fourth-order valence-electron chi connectivity index (χ4n) is 4.22. The van der Waals surface area contributed by atoms with Crippen LogP contribution in [0.1, 0.15) is 18.9 Å². The normalized spacial score (nSPS) is 23.2. The second-order valence-electron chi connectivity index (χ2n) is 7.34. The van der Waals surface area contributed by atoms with Crippen LogP contribution in [0.15, 0.2) is 49.1 Å². The molecule has 2 amide bonds. The van der Waals surface area contributed by atoms with Gasteiger partial charge in [0, 0.05) is 45.1 Å². The molecule has 2 aliphatic rings. The van der Waals surface area contributed by atoms with Crippen molar-refractivity contribution in [3.8, 4) is 0 Å². The van der Waals surface area contributed by atoms with Crippen LogP contribution in [0.5, 0.6) is 0 Å². The van der Waals surface area contributed by atoms with Gasteiger partial charge in [-0.1, -0.05) is 0 Å². The van der Waals surface area contributed by atoms with Gasteiger partial charge in [-0.25, -0.2) is 0 Å². The maximum atomic E-state index is 12.7. The summed E-state index contributed by atoms with van der Waals surface area (Å²) in [6.07, 6.45) is 7.85. The number of carbonyl (C=O) groups excluding carboxylic acids is 2. The van der Waals surface area contributed by atoms with Gasteiger partial charge in [0.25, 0.3) is 0 Å². The van der Waals surface area contributed by atoms with Crippen molar-refractivity contribution >= 4 is 17.5 Å². The molecule has 4 rings (SSSR count). The topological polar surface area (TPSA) is 69.6 Å². The lowest BCUT2D eigenvalue weighted by atomic mass is 9.92. The highest BCUT2D eigenvalue weighted by molar-refractivity contribution is 5.98. The molecule has 0 bridgehead atoms. The Bertz CT molecular complexity index is 829. The number of likely N-dealkylation sites (tertiary alicyclic amines) is 1. The Morgan fingerprint density at radius 3 is 2.67 bits per heavy atom. The molecule has 2 aliphatic heterocycles. The highest BCUT2D eigenvalue weighted by Crippen LogP contribution is 2.34. The zero-order valence-electron chi connectivity index (χ0n) is 15.4. The van der Waals surface area contributed by atoms with E-state index in [-0.39, 0.29) is 23.9 Å². The molecular formula is C20H23N5O2. The molecule has 1 atom stereocenters. The molecule has 4 heterocycles. The van der Waals surface area contributed by atoms with Gasteiger partial charge < -0.3 is 9.80 Å². The summed E-state index contributed by atoms with van der Waals surface area (Å²) < 4.78 is 0. The summed E-state index contributed by atoms with van der Waals surface area (Å²) >= 11 is 0. The van der Waals surface area contributed by atoms with E-state index in [9.17, 15) is 9.59 Å². The van der Waals surface area contributed by atoms with E-state index in [1.54, 1.807) is 41.5 Å². The van der Waals surface area contributed by atoms with Crippen LogP contribution in [0.25, 0.3) is 0 Å². The van der Waals surface area contributed by atoms with E-state index in [0.717, 1.165) is 31.7 Å². The van der Waals surface area contributed by atoms with Crippen molar-refractivity contribution in [2.75, 3.05) is 31.1 Å². The quantitative estimate of drug-likeness (QED) is 0.820. The van der Waals surface area contributed by atoms with Crippen LogP contribution in [0.2, 0.25) is 0 Å². The molecule has 2 fully saturated rings. The van der Waals surface area contributed by atoms with Crippen LogP contribution in [-0.2, 0) is 16.1 Å². The van der Waals surface area contributed by atoms with Crippen LogP contribution < -0.4 is 4.90 Å². The maximum Gasteiger partial charge on any atom is 0.246 e. The van der Waals surface area contributed by atoms with Crippen molar-refractivity contribution in [1.82, 2.24) is 19.8 Å². The van der Waals surface area contributed by atoms with Gasteiger partial charge in [-0.15, -0.1) is 0 Å². The van der Waals surface area contributed by atoms with Crippen LogP contribution in [-0.4, -0.2) is 63.3 Å². The SMILES string of the molecule is CC(=O)N1CC(=O)N(c2cccnc2)C[C@@]12CCN(Cc1ccncc1)C2. The number of rotatable bonds is 3. The number of hydrogen-bond acceptors (Lipinski definition) is 5. The van der Waals surface area contributed by atoms with Gasteiger partial charge in [-0.05, 0) is 36.2 Å². The molecule has 7 nitrogen and oxygen atoms in total. The molecule has 0 aromatic carbocycles. The summed E-state index contributed by atoms with van der Waals surface area (Å²) in [5.41, 5.74) is 1.63. The van der Waals surface area contributed by atoms with Gasteiger partial charge in [0.1, 0.15) is 6.54 Å².